The van der Waals surface area contributed by atoms with Crippen molar-refractivity contribution in [2.45, 2.75) is 13.8 Å². The van der Waals surface area contributed by atoms with E-state index in [1.165, 1.54) is 0 Å². The number of ketones is 1. The first-order chi connectivity index (χ1) is 15.4. The van der Waals surface area contributed by atoms with Crippen molar-refractivity contribution in [3.05, 3.63) is 117 Å². The number of nitro groups is 1. The molecular formula is C27H23N2O3+. The molecule has 158 valence electrons. The van der Waals surface area contributed by atoms with Gasteiger partial charge in [-0.25, -0.2) is 0 Å². The van der Waals surface area contributed by atoms with Crippen molar-refractivity contribution in [2.24, 2.45) is 7.05 Å². The molecule has 0 aliphatic rings. The minimum atomic E-state index is -0.379. The van der Waals surface area contributed by atoms with Crippen LogP contribution in [0.25, 0.3) is 22.4 Å². The van der Waals surface area contributed by atoms with Crippen molar-refractivity contribution in [2.75, 3.05) is 0 Å². The molecule has 3 aromatic carbocycles. The van der Waals surface area contributed by atoms with Gasteiger partial charge in [-0.2, -0.15) is 4.57 Å². The molecule has 5 heteroatoms. The molecule has 0 amide bonds. The predicted octanol–water partition coefficient (Wildman–Crippen LogP) is 5.60. The van der Waals surface area contributed by atoms with Gasteiger partial charge in [0.15, 0.2) is 11.5 Å². The minimum absolute atomic E-state index is 0.0778. The highest BCUT2D eigenvalue weighted by atomic mass is 16.6. The van der Waals surface area contributed by atoms with Crippen molar-refractivity contribution >= 4 is 11.5 Å². The summed E-state index contributed by atoms with van der Waals surface area (Å²) in [6, 6.07) is 25.7. The van der Waals surface area contributed by atoms with Crippen molar-refractivity contribution in [3.63, 3.8) is 0 Å². The Bertz CT molecular complexity index is 1310. The van der Waals surface area contributed by atoms with E-state index >= 15 is 0 Å². The molecule has 0 radical (unpaired) electrons. The van der Waals surface area contributed by atoms with Crippen molar-refractivity contribution in [3.8, 4) is 22.4 Å². The fraction of sp³-hybridized carbons (Fsp3) is 0.111. The molecule has 4 aromatic rings. The number of aromatic nitrogens is 1. The van der Waals surface area contributed by atoms with E-state index in [1.54, 1.807) is 23.7 Å². The van der Waals surface area contributed by atoms with Gasteiger partial charge in [0.1, 0.15) is 12.6 Å². The van der Waals surface area contributed by atoms with E-state index in [2.05, 4.69) is 0 Å². The van der Waals surface area contributed by atoms with Crippen LogP contribution < -0.4 is 4.57 Å². The van der Waals surface area contributed by atoms with Crippen LogP contribution in [-0.4, -0.2) is 10.7 Å². The Labute approximate surface area is 186 Å². The van der Waals surface area contributed by atoms with Gasteiger partial charge in [-0.3, -0.25) is 14.9 Å². The molecule has 0 aliphatic carbocycles. The fourth-order valence-electron chi connectivity index (χ4n) is 4.03. The lowest BCUT2D eigenvalue weighted by Crippen LogP contribution is -2.38. The average Bonchev–Trinajstić information content (AvgIpc) is 2.81. The van der Waals surface area contributed by atoms with E-state index in [4.69, 9.17) is 0 Å². The smallest absolute Gasteiger partial charge is 0.288 e. The fourth-order valence-corrected chi connectivity index (χ4v) is 4.03. The summed E-state index contributed by atoms with van der Waals surface area (Å²) in [7, 11) is 1.77. The minimum Gasteiger partial charge on any atom is -0.288 e. The third-order valence-corrected chi connectivity index (χ3v) is 5.74. The van der Waals surface area contributed by atoms with Crippen LogP contribution in [0, 0.1) is 24.0 Å². The SMILES string of the molecule is Cc1ccc(C(=O)c2c(-c3ccccc3)c([N+](=O)[O-])c(-c3ccccc3)[n+](C)c2C)cc1. The summed E-state index contributed by atoms with van der Waals surface area (Å²) in [5.74, 6) is -0.236. The van der Waals surface area contributed by atoms with Crippen LogP contribution >= 0.6 is 0 Å². The molecule has 0 unspecified atom stereocenters. The Kier molecular flexibility index (Phi) is 5.65. The molecule has 0 saturated heterocycles. The molecule has 5 nitrogen and oxygen atoms in total. The van der Waals surface area contributed by atoms with Crippen molar-refractivity contribution in [1.29, 1.82) is 0 Å². The highest BCUT2D eigenvalue weighted by molar-refractivity contribution is 6.15. The van der Waals surface area contributed by atoms with E-state index in [1.807, 2.05) is 86.6 Å². The zero-order chi connectivity index (χ0) is 22.8. The monoisotopic (exact) mass is 423 g/mol. The molecule has 0 fully saturated rings. The van der Waals surface area contributed by atoms with E-state index in [0.29, 0.717) is 33.6 Å². The molecule has 1 heterocycles. The summed E-state index contributed by atoms with van der Waals surface area (Å²) in [5, 5.41) is 12.5. The van der Waals surface area contributed by atoms with Gasteiger partial charge >= 0.3 is 5.69 Å². The van der Waals surface area contributed by atoms with E-state index in [0.717, 1.165) is 11.1 Å². The maximum Gasteiger partial charge on any atom is 0.349 e. The van der Waals surface area contributed by atoms with Gasteiger partial charge in [0.05, 0.1) is 16.1 Å². The first kappa shape index (κ1) is 21.1. The Morgan fingerprint density at radius 3 is 1.88 bits per heavy atom. The first-order valence-corrected chi connectivity index (χ1v) is 10.3. The molecule has 0 bridgehead atoms. The van der Waals surface area contributed by atoms with Crippen LogP contribution in [0.1, 0.15) is 27.2 Å². The maximum absolute atomic E-state index is 13.7. The summed E-state index contributed by atoms with van der Waals surface area (Å²) in [6.45, 7) is 3.79. The van der Waals surface area contributed by atoms with Crippen LogP contribution in [0.4, 0.5) is 5.69 Å². The number of carbonyl (C=O) groups excluding carboxylic acids is 1. The normalized spacial score (nSPS) is 10.7. The predicted molar refractivity (Wildman–Crippen MR) is 124 cm³/mol. The second-order valence-electron chi connectivity index (χ2n) is 7.78. The number of pyridine rings is 1. The summed E-state index contributed by atoms with van der Waals surface area (Å²) in [4.78, 5) is 25.8. The molecular weight excluding hydrogens is 400 g/mol. The quantitative estimate of drug-likeness (QED) is 0.182. The lowest BCUT2D eigenvalue weighted by atomic mass is 9.89. The van der Waals surface area contributed by atoms with Gasteiger partial charge in [-0.05, 0) is 24.6 Å². The summed E-state index contributed by atoms with van der Waals surface area (Å²) in [6.07, 6.45) is 0. The van der Waals surface area contributed by atoms with Crippen LogP contribution in [0.5, 0.6) is 0 Å². The highest BCUT2D eigenvalue weighted by Crippen LogP contribution is 2.40. The zero-order valence-electron chi connectivity index (χ0n) is 18.2. The van der Waals surface area contributed by atoms with Gasteiger partial charge in [0.25, 0.3) is 5.69 Å². The van der Waals surface area contributed by atoms with Crippen molar-refractivity contribution in [1.82, 2.24) is 0 Å². The van der Waals surface area contributed by atoms with Gasteiger partial charge in [-0.1, -0.05) is 78.4 Å². The molecule has 0 spiro atoms. The molecule has 32 heavy (non-hydrogen) atoms. The second-order valence-corrected chi connectivity index (χ2v) is 7.78. The molecule has 0 N–H and O–H groups in total. The second kappa shape index (κ2) is 8.55. The number of hydrogen-bond acceptors (Lipinski definition) is 3. The zero-order valence-corrected chi connectivity index (χ0v) is 18.2. The van der Waals surface area contributed by atoms with E-state index < -0.39 is 0 Å². The van der Waals surface area contributed by atoms with Crippen LogP contribution in [0.2, 0.25) is 0 Å². The lowest BCUT2D eigenvalue weighted by Gasteiger charge is -2.15. The molecule has 0 aliphatic heterocycles. The number of hydrogen-bond donors (Lipinski definition) is 0. The Hall–Kier alpha value is -4.12. The molecule has 4 rings (SSSR count). The Morgan fingerprint density at radius 2 is 1.34 bits per heavy atom. The Balaban J connectivity index is 2.14. The van der Waals surface area contributed by atoms with Crippen LogP contribution in [-0.2, 0) is 7.05 Å². The third-order valence-electron chi connectivity index (χ3n) is 5.74. The molecule has 0 atom stereocenters. The molecule has 0 saturated carbocycles. The van der Waals surface area contributed by atoms with Gasteiger partial charge in [0.2, 0.25) is 0 Å². The maximum atomic E-state index is 13.7. The Morgan fingerprint density at radius 1 is 0.812 bits per heavy atom. The van der Waals surface area contributed by atoms with E-state index in [9.17, 15) is 14.9 Å². The highest BCUT2D eigenvalue weighted by Gasteiger charge is 2.38. The summed E-state index contributed by atoms with van der Waals surface area (Å²) in [5.41, 5.74) is 4.63. The standard InChI is InChI=1S/C27H23N2O3/c1-18-14-16-22(17-15-18)27(30)23-19(2)28(3)25(21-12-8-5-9-13-21)26(29(31)32)24(23)20-10-6-4-7-11-20/h4-17H,1-3H3/q+1. The number of benzene rings is 3. The molecule has 1 aromatic heterocycles. The number of nitrogens with zero attached hydrogens (tertiary/aromatic N) is 2. The largest absolute Gasteiger partial charge is 0.349 e. The first-order valence-electron chi connectivity index (χ1n) is 10.3. The number of rotatable bonds is 5. The lowest BCUT2D eigenvalue weighted by molar-refractivity contribution is -0.669. The van der Waals surface area contributed by atoms with Gasteiger partial charge in [0, 0.05) is 12.5 Å². The van der Waals surface area contributed by atoms with E-state index in [-0.39, 0.29) is 16.4 Å². The number of aryl methyl sites for hydroxylation is 1. The third kappa shape index (κ3) is 3.69. The van der Waals surface area contributed by atoms with Gasteiger partial charge < -0.3 is 0 Å². The topological polar surface area (TPSA) is 64.1 Å². The summed E-state index contributed by atoms with van der Waals surface area (Å²) < 4.78 is 1.75. The average molecular weight is 423 g/mol. The van der Waals surface area contributed by atoms with Crippen LogP contribution in [0.15, 0.2) is 84.9 Å². The van der Waals surface area contributed by atoms with Crippen LogP contribution in [0.3, 0.4) is 0 Å². The van der Waals surface area contributed by atoms with Gasteiger partial charge in [-0.15, -0.1) is 0 Å². The number of carbonyl (C=O) groups is 1. The summed E-state index contributed by atoms with van der Waals surface area (Å²) >= 11 is 0. The van der Waals surface area contributed by atoms with Crippen molar-refractivity contribution < 1.29 is 14.3 Å².